The van der Waals surface area contributed by atoms with Gasteiger partial charge in [0.2, 0.25) is 0 Å². The molecule has 0 aliphatic carbocycles. The lowest BCUT2D eigenvalue weighted by Gasteiger charge is -2.29. The lowest BCUT2D eigenvalue weighted by Crippen LogP contribution is -2.38. The van der Waals surface area contributed by atoms with Crippen molar-refractivity contribution in [3.8, 4) is 0 Å². The zero-order chi connectivity index (χ0) is 21.3. The zero-order valence-electron chi connectivity index (χ0n) is 16.8. The van der Waals surface area contributed by atoms with Crippen molar-refractivity contribution in [3.63, 3.8) is 0 Å². The zero-order valence-corrected chi connectivity index (χ0v) is 18.4. The van der Waals surface area contributed by atoms with Crippen molar-refractivity contribution in [3.05, 3.63) is 44.7 Å². The van der Waals surface area contributed by atoms with Crippen molar-refractivity contribution in [1.29, 1.82) is 0 Å². The highest BCUT2D eigenvalue weighted by Gasteiger charge is 2.32. The van der Waals surface area contributed by atoms with E-state index >= 15 is 0 Å². The van der Waals surface area contributed by atoms with Gasteiger partial charge in [-0.2, -0.15) is 0 Å². The predicted octanol–water partition coefficient (Wildman–Crippen LogP) is 1.69. The number of carbonyl (C=O) groups is 1. The Kier molecular flexibility index (Phi) is 6.19. The number of thioether (sulfide) groups is 1. The number of morpholine rings is 1. The summed E-state index contributed by atoms with van der Waals surface area (Å²) in [5.74, 6) is 0.345. The lowest BCUT2D eigenvalue weighted by atomic mass is 10.2. The Morgan fingerprint density at radius 1 is 1.30 bits per heavy atom. The van der Waals surface area contributed by atoms with Gasteiger partial charge in [0.1, 0.15) is 15.8 Å². The predicted molar refractivity (Wildman–Crippen MR) is 121 cm³/mol. The first-order valence-corrected chi connectivity index (χ1v) is 10.8. The highest BCUT2D eigenvalue weighted by molar-refractivity contribution is 8.26. The summed E-state index contributed by atoms with van der Waals surface area (Å²) >= 11 is 6.55. The van der Waals surface area contributed by atoms with E-state index in [1.54, 1.807) is 19.4 Å². The molecule has 0 spiro atoms. The summed E-state index contributed by atoms with van der Waals surface area (Å²) in [5.41, 5.74) is 1.68. The van der Waals surface area contributed by atoms with Gasteiger partial charge in [-0.3, -0.25) is 18.9 Å². The normalized spacial score (nSPS) is 18.8. The first-order chi connectivity index (χ1) is 14.5. The van der Waals surface area contributed by atoms with Gasteiger partial charge in [-0.05, 0) is 24.6 Å². The molecule has 0 bridgehead atoms. The van der Waals surface area contributed by atoms with Crippen LogP contribution in [0, 0.1) is 6.92 Å². The van der Waals surface area contributed by atoms with Crippen LogP contribution < -0.4 is 10.5 Å². The molecule has 158 valence electrons. The summed E-state index contributed by atoms with van der Waals surface area (Å²) < 4.78 is 12.5. The van der Waals surface area contributed by atoms with E-state index in [1.807, 2.05) is 24.0 Å². The summed E-state index contributed by atoms with van der Waals surface area (Å²) in [6.07, 6.45) is 3.38. The largest absolute Gasteiger partial charge is 0.383 e. The molecule has 2 aliphatic rings. The molecule has 10 heteroatoms. The van der Waals surface area contributed by atoms with Crippen LogP contribution in [-0.4, -0.2) is 71.1 Å². The van der Waals surface area contributed by atoms with Gasteiger partial charge >= 0.3 is 0 Å². The number of hydrogen-bond donors (Lipinski definition) is 0. The van der Waals surface area contributed by atoms with Crippen LogP contribution in [0.1, 0.15) is 11.1 Å². The monoisotopic (exact) mass is 446 g/mol. The number of amides is 1. The van der Waals surface area contributed by atoms with Crippen LogP contribution in [0.4, 0.5) is 5.82 Å². The molecule has 2 aliphatic heterocycles. The molecule has 2 aromatic rings. The molecule has 2 fully saturated rings. The second-order valence-corrected chi connectivity index (χ2v) is 8.69. The Labute approximate surface area is 183 Å². The van der Waals surface area contributed by atoms with Crippen molar-refractivity contribution in [2.45, 2.75) is 6.92 Å². The average molecular weight is 447 g/mol. The van der Waals surface area contributed by atoms with Crippen molar-refractivity contribution < 1.29 is 14.3 Å². The van der Waals surface area contributed by atoms with E-state index in [0.29, 0.717) is 65.7 Å². The average Bonchev–Trinajstić information content (AvgIpc) is 3.02. The SMILES string of the molecule is COCCN1C(=O)/C(=C\c2c(N3CCOCC3)nc3ccc(C)cn3c2=O)SC1=S. The third kappa shape index (κ3) is 4.00. The molecule has 2 aromatic heterocycles. The van der Waals surface area contributed by atoms with Gasteiger partial charge in [-0.15, -0.1) is 0 Å². The number of aryl methyl sites for hydroxylation is 1. The first-order valence-electron chi connectivity index (χ1n) is 9.59. The number of rotatable bonds is 5. The van der Waals surface area contributed by atoms with E-state index in [1.165, 1.54) is 21.1 Å². The quantitative estimate of drug-likeness (QED) is 0.507. The first kappa shape index (κ1) is 21.0. The van der Waals surface area contributed by atoms with Crippen molar-refractivity contribution in [2.75, 3.05) is 51.5 Å². The highest BCUT2D eigenvalue weighted by atomic mass is 32.2. The third-order valence-corrected chi connectivity index (χ3v) is 6.34. The number of fused-ring (bicyclic) bond motifs is 1. The van der Waals surface area contributed by atoms with Crippen molar-refractivity contribution in [2.24, 2.45) is 0 Å². The molecule has 8 nitrogen and oxygen atoms in total. The maximum Gasteiger partial charge on any atom is 0.267 e. The minimum Gasteiger partial charge on any atom is -0.383 e. The number of hydrogen-bond acceptors (Lipinski definition) is 8. The Hall–Kier alpha value is -2.27. The second kappa shape index (κ2) is 8.84. The standard InChI is InChI=1S/C20H22N4O4S2/c1-13-3-4-16-21-17(22-5-9-28-10-6-22)14(18(25)24(16)12-13)11-15-19(26)23(7-8-27-2)20(29)30-15/h3-4,11-12H,5-10H2,1-2H3/b15-11+. The number of anilines is 1. The minimum atomic E-state index is -0.219. The summed E-state index contributed by atoms with van der Waals surface area (Å²) in [7, 11) is 1.58. The number of thiocarbonyl (C=S) groups is 1. The smallest absolute Gasteiger partial charge is 0.267 e. The fourth-order valence-corrected chi connectivity index (χ4v) is 4.69. The summed E-state index contributed by atoms with van der Waals surface area (Å²) in [6.45, 7) is 5.07. The third-order valence-electron chi connectivity index (χ3n) is 4.96. The number of ether oxygens (including phenoxy) is 2. The summed E-state index contributed by atoms with van der Waals surface area (Å²) in [6, 6.07) is 3.75. The number of pyridine rings is 1. The van der Waals surface area contributed by atoms with Crippen LogP contribution in [0.15, 0.2) is 28.0 Å². The molecule has 0 atom stereocenters. The Balaban J connectivity index is 1.83. The van der Waals surface area contributed by atoms with Crippen LogP contribution in [0.25, 0.3) is 11.7 Å². The van der Waals surface area contributed by atoms with Gasteiger partial charge in [0, 0.05) is 26.4 Å². The van der Waals surface area contributed by atoms with E-state index in [2.05, 4.69) is 0 Å². The number of nitrogens with zero attached hydrogens (tertiary/aromatic N) is 4. The Morgan fingerprint density at radius 3 is 2.80 bits per heavy atom. The van der Waals surface area contributed by atoms with Gasteiger partial charge in [-0.25, -0.2) is 4.98 Å². The number of methoxy groups -OCH3 is 1. The Morgan fingerprint density at radius 2 is 2.07 bits per heavy atom. The lowest BCUT2D eigenvalue weighted by molar-refractivity contribution is -0.122. The minimum absolute atomic E-state index is 0.215. The molecule has 0 unspecified atom stereocenters. The molecule has 1 amide bonds. The van der Waals surface area contributed by atoms with Crippen LogP contribution in [-0.2, 0) is 14.3 Å². The molecular weight excluding hydrogens is 424 g/mol. The van der Waals surface area contributed by atoms with E-state index in [0.717, 1.165) is 5.56 Å². The van der Waals surface area contributed by atoms with Crippen LogP contribution >= 0.6 is 24.0 Å². The molecule has 2 saturated heterocycles. The van der Waals surface area contributed by atoms with Gasteiger partial charge < -0.3 is 14.4 Å². The maximum absolute atomic E-state index is 13.4. The topological polar surface area (TPSA) is 76.4 Å². The van der Waals surface area contributed by atoms with E-state index < -0.39 is 0 Å². The van der Waals surface area contributed by atoms with Gasteiger partial charge in [0.15, 0.2) is 0 Å². The van der Waals surface area contributed by atoms with Gasteiger partial charge in [-0.1, -0.05) is 30.0 Å². The molecule has 0 aromatic carbocycles. The summed E-state index contributed by atoms with van der Waals surface area (Å²) in [5, 5.41) is 0. The number of carbonyl (C=O) groups excluding carboxylic acids is 1. The van der Waals surface area contributed by atoms with Crippen LogP contribution in [0.5, 0.6) is 0 Å². The van der Waals surface area contributed by atoms with Crippen molar-refractivity contribution >= 4 is 51.7 Å². The molecule has 0 radical (unpaired) electrons. The highest BCUT2D eigenvalue weighted by Crippen LogP contribution is 2.33. The molecule has 30 heavy (non-hydrogen) atoms. The molecular formula is C20H22N4O4S2. The fourth-order valence-electron chi connectivity index (χ4n) is 3.40. The summed E-state index contributed by atoms with van der Waals surface area (Å²) in [4.78, 5) is 35.0. The second-order valence-electron chi connectivity index (χ2n) is 7.01. The maximum atomic E-state index is 13.4. The molecule has 4 rings (SSSR count). The van der Waals surface area contributed by atoms with Gasteiger partial charge in [0.25, 0.3) is 11.5 Å². The molecule has 0 N–H and O–H groups in total. The van der Waals surface area contributed by atoms with E-state index in [9.17, 15) is 9.59 Å². The van der Waals surface area contributed by atoms with Crippen LogP contribution in [0.3, 0.4) is 0 Å². The molecule has 0 saturated carbocycles. The van der Waals surface area contributed by atoms with E-state index in [4.69, 9.17) is 26.7 Å². The number of aromatic nitrogens is 2. The van der Waals surface area contributed by atoms with Gasteiger partial charge in [0.05, 0.1) is 36.8 Å². The fraction of sp³-hybridized carbons (Fsp3) is 0.400. The van der Waals surface area contributed by atoms with E-state index in [-0.39, 0.29) is 11.5 Å². The van der Waals surface area contributed by atoms with Crippen LogP contribution in [0.2, 0.25) is 0 Å². The van der Waals surface area contributed by atoms with Crippen molar-refractivity contribution in [1.82, 2.24) is 14.3 Å². The Bertz CT molecular complexity index is 1090. The molecule has 4 heterocycles.